The molecule has 0 spiro atoms. The van der Waals surface area contributed by atoms with E-state index in [1.807, 2.05) is 13.0 Å². The molecule has 0 unspecified atom stereocenters. The zero-order valence-electron chi connectivity index (χ0n) is 11.1. The molecule has 0 saturated carbocycles. The van der Waals surface area contributed by atoms with Gasteiger partial charge in [0, 0.05) is 16.9 Å². The minimum atomic E-state index is -0.534. The van der Waals surface area contributed by atoms with E-state index >= 15 is 0 Å². The molecule has 0 bridgehead atoms. The molecular weight excluding hydrogens is 258 g/mol. The maximum absolute atomic E-state index is 12.2. The van der Waals surface area contributed by atoms with Crippen LogP contribution in [0.25, 0.3) is 0 Å². The number of Topliss-reactive ketones (excluding diaryl/α,β-unsaturated/α-hetero) is 1. The SMILES string of the molecule is Cc1cccc(C(=O)C[C@H](C[N+](=O)[O-])c2ccco2)c1. The summed E-state index contributed by atoms with van der Waals surface area (Å²) in [6.45, 7) is 1.59. The number of hydrogen-bond acceptors (Lipinski definition) is 4. The fraction of sp³-hybridized carbons (Fsp3) is 0.267. The van der Waals surface area contributed by atoms with E-state index < -0.39 is 10.8 Å². The summed E-state index contributed by atoms with van der Waals surface area (Å²) < 4.78 is 5.20. The van der Waals surface area contributed by atoms with Gasteiger partial charge < -0.3 is 4.42 Å². The van der Waals surface area contributed by atoms with Crippen LogP contribution >= 0.6 is 0 Å². The van der Waals surface area contributed by atoms with Gasteiger partial charge in [0.05, 0.1) is 12.2 Å². The van der Waals surface area contributed by atoms with Crippen molar-refractivity contribution in [2.45, 2.75) is 19.3 Å². The standard InChI is InChI=1S/C15H15NO4/c1-11-4-2-5-12(8-11)14(17)9-13(10-16(18)19)15-6-3-7-20-15/h2-8,13H,9-10H2,1H3/t13-/m1/s1. The van der Waals surface area contributed by atoms with Gasteiger partial charge >= 0.3 is 0 Å². The molecule has 0 aliphatic rings. The van der Waals surface area contributed by atoms with E-state index in [0.717, 1.165) is 5.56 Å². The summed E-state index contributed by atoms with van der Waals surface area (Å²) in [5, 5.41) is 10.7. The van der Waals surface area contributed by atoms with E-state index in [9.17, 15) is 14.9 Å². The number of benzene rings is 1. The second kappa shape index (κ2) is 6.14. The number of furan rings is 1. The Balaban J connectivity index is 2.15. The van der Waals surface area contributed by atoms with Crippen molar-refractivity contribution in [1.82, 2.24) is 0 Å². The van der Waals surface area contributed by atoms with Crippen LogP contribution in [0.1, 0.15) is 34.0 Å². The van der Waals surface area contributed by atoms with Crippen molar-refractivity contribution in [1.29, 1.82) is 0 Å². The van der Waals surface area contributed by atoms with Gasteiger partial charge in [-0.3, -0.25) is 14.9 Å². The van der Waals surface area contributed by atoms with Gasteiger partial charge in [-0.2, -0.15) is 0 Å². The summed E-state index contributed by atoms with van der Waals surface area (Å²) in [5.41, 5.74) is 1.56. The first-order chi connectivity index (χ1) is 9.56. The van der Waals surface area contributed by atoms with Crippen LogP contribution < -0.4 is 0 Å². The van der Waals surface area contributed by atoms with E-state index in [-0.39, 0.29) is 18.7 Å². The third-order valence-corrected chi connectivity index (χ3v) is 3.09. The molecule has 0 radical (unpaired) electrons. The fourth-order valence-corrected chi connectivity index (χ4v) is 2.12. The lowest BCUT2D eigenvalue weighted by Crippen LogP contribution is -2.16. The number of hydrogen-bond donors (Lipinski definition) is 0. The number of rotatable bonds is 6. The van der Waals surface area contributed by atoms with Crippen LogP contribution in [-0.4, -0.2) is 17.3 Å². The molecule has 0 aliphatic carbocycles. The van der Waals surface area contributed by atoms with E-state index in [0.29, 0.717) is 11.3 Å². The molecule has 1 atom stereocenters. The summed E-state index contributed by atoms with van der Waals surface area (Å²) >= 11 is 0. The monoisotopic (exact) mass is 273 g/mol. The zero-order valence-corrected chi connectivity index (χ0v) is 11.1. The average Bonchev–Trinajstić information content (AvgIpc) is 2.91. The number of aryl methyl sites for hydroxylation is 1. The molecule has 1 heterocycles. The molecule has 1 aromatic carbocycles. The normalized spacial score (nSPS) is 12.1. The Kier molecular flexibility index (Phi) is 4.30. The Morgan fingerprint density at radius 3 is 2.75 bits per heavy atom. The molecule has 1 aromatic heterocycles. The Hall–Kier alpha value is -2.43. The second-order valence-electron chi connectivity index (χ2n) is 4.72. The van der Waals surface area contributed by atoms with E-state index in [1.165, 1.54) is 6.26 Å². The number of carbonyl (C=O) groups excluding carboxylic acids is 1. The number of nitro groups is 1. The molecular formula is C15H15NO4. The second-order valence-corrected chi connectivity index (χ2v) is 4.72. The van der Waals surface area contributed by atoms with E-state index in [1.54, 1.807) is 30.3 Å². The Morgan fingerprint density at radius 2 is 2.15 bits per heavy atom. The van der Waals surface area contributed by atoms with Crippen molar-refractivity contribution in [2.24, 2.45) is 0 Å². The predicted octanol–water partition coefficient (Wildman–Crippen LogP) is 3.22. The summed E-state index contributed by atoms with van der Waals surface area (Å²) in [6, 6.07) is 10.5. The van der Waals surface area contributed by atoms with Gasteiger partial charge in [0.2, 0.25) is 6.54 Å². The summed E-state index contributed by atoms with van der Waals surface area (Å²) in [7, 11) is 0. The van der Waals surface area contributed by atoms with Gasteiger partial charge in [-0.05, 0) is 25.1 Å². The van der Waals surface area contributed by atoms with E-state index in [4.69, 9.17) is 4.42 Å². The van der Waals surface area contributed by atoms with Gasteiger partial charge in [-0.25, -0.2) is 0 Å². The molecule has 0 N–H and O–H groups in total. The third kappa shape index (κ3) is 3.54. The smallest absolute Gasteiger partial charge is 0.214 e. The topological polar surface area (TPSA) is 73.3 Å². The first-order valence-corrected chi connectivity index (χ1v) is 6.31. The van der Waals surface area contributed by atoms with Gasteiger partial charge in [-0.1, -0.05) is 23.8 Å². The quantitative estimate of drug-likeness (QED) is 0.460. The van der Waals surface area contributed by atoms with E-state index in [2.05, 4.69) is 0 Å². The molecule has 104 valence electrons. The summed E-state index contributed by atoms with van der Waals surface area (Å²) in [6.07, 6.45) is 1.53. The highest BCUT2D eigenvalue weighted by Crippen LogP contribution is 2.23. The molecule has 5 nitrogen and oxygen atoms in total. The summed E-state index contributed by atoms with van der Waals surface area (Å²) in [5.74, 6) is -0.173. The number of carbonyl (C=O) groups is 1. The largest absolute Gasteiger partial charge is 0.469 e. The predicted molar refractivity (Wildman–Crippen MR) is 73.4 cm³/mol. The fourth-order valence-electron chi connectivity index (χ4n) is 2.12. The third-order valence-electron chi connectivity index (χ3n) is 3.09. The van der Waals surface area contributed by atoms with Crippen molar-refractivity contribution in [3.8, 4) is 0 Å². The molecule has 0 aliphatic heterocycles. The molecule has 0 amide bonds. The Labute approximate surface area is 116 Å². The highest BCUT2D eigenvalue weighted by molar-refractivity contribution is 5.96. The maximum atomic E-state index is 12.2. The maximum Gasteiger partial charge on any atom is 0.214 e. The minimum absolute atomic E-state index is 0.0674. The molecule has 2 aromatic rings. The molecule has 2 rings (SSSR count). The van der Waals surface area contributed by atoms with Gasteiger partial charge in [0.25, 0.3) is 0 Å². The number of nitrogens with zero attached hydrogens (tertiary/aromatic N) is 1. The van der Waals surface area contributed by atoms with Crippen LogP contribution in [0.5, 0.6) is 0 Å². The van der Waals surface area contributed by atoms with Crippen molar-refractivity contribution in [3.63, 3.8) is 0 Å². The Morgan fingerprint density at radius 1 is 1.35 bits per heavy atom. The first-order valence-electron chi connectivity index (χ1n) is 6.31. The molecule has 0 saturated heterocycles. The lowest BCUT2D eigenvalue weighted by molar-refractivity contribution is -0.483. The first kappa shape index (κ1) is 14.0. The van der Waals surface area contributed by atoms with Crippen molar-refractivity contribution in [2.75, 3.05) is 6.54 Å². The minimum Gasteiger partial charge on any atom is -0.469 e. The van der Waals surface area contributed by atoms with Crippen molar-refractivity contribution < 1.29 is 14.1 Å². The highest BCUT2D eigenvalue weighted by atomic mass is 16.6. The molecule has 5 heteroatoms. The van der Waals surface area contributed by atoms with Crippen molar-refractivity contribution in [3.05, 3.63) is 69.7 Å². The van der Waals surface area contributed by atoms with Crippen molar-refractivity contribution >= 4 is 5.78 Å². The van der Waals surface area contributed by atoms with Crippen LogP contribution in [0.2, 0.25) is 0 Å². The van der Waals surface area contributed by atoms with Crippen LogP contribution in [0, 0.1) is 17.0 Å². The van der Waals surface area contributed by atoms with Crippen LogP contribution in [0.4, 0.5) is 0 Å². The van der Waals surface area contributed by atoms with Gasteiger partial charge in [-0.15, -0.1) is 0 Å². The van der Waals surface area contributed by atoms with Crippen LogP contribution in [-0.2, 0) is 0 Å². The molecule has 0 fully saturated rings. The average molecular weight is 273 g/mol. The highest BCUT2D eigenvalue weighted by Gasteiger charge is 2.24. The molecule has 20 heavy (non-hydrogen) atoms. The lowest BCUT2D eigenvalue weighted by atomic mass is 9.95. The van der Waals surface area contributed by atoms with Crippen LogP contribution in [0.15, 0.2) is 47.1 Å². The van der Waals surface area contributed by atoms with Gasteiger partial charge in [0.15, 0.2) is 5.78 Å². The Bertz CT molecular complexity index is 604. The zero-order chi connectivity index (χ0) is 14.5. The number of ketones is 1. The van der Waals surface area contributed by atoms with Gasteiger partial charge in [0.1, 0.15) is 5.76 Å². The van der Waals surface area contributed by atoms with Crippen LogP contribution in [0.3, 0.4) is 0 Å². The lowest BCUT2D eigenvalue weighted by Gasteiger charge is -2.09. The summed E-state index contributed by atoms with van der Waals surface area (Å²) in [4.78, 5) is 22.5.